The highest BCUT2D eigenvalue weighted by Gasteiger charge is 2.31. The normalized spacial score (nSPS) is 16.8. The Balaban J connectivity index is 1.46. The van der Waals surface area contributed by atoms with Crippen LogP contribution in [0.25, 0.3) is 10.9 Å². The molecular formula is C22H26N3O+. The van der Waals surface area contributed by atoms with Crippen molar-refractivity contribution in [2.24, 2.45) is 0 Å². The molecule has 0 bridgehead atoms. The highest BCUT2D eigenvalue weighted by molar-refractivity contribution is 6.09. The highest BCUT2D eigenvalue weighted by Crippen LogP contribution is 2.20. The number of aromatic amines is 1. The van der Waals surface area contributed by atoms with Gasteiger partial charge in [-0.25, -0.2) is 0 Å². The zero-order chi connectivity index (χ0) is 18.1. The first kappa shape index (κ1) is 16.9. The Bertz CT molecular complexity index is 922. The van der Waals surface area contributed by atoms with Crippen molar-refractivity contribution in [1.29, 1.82) is 0 Å². The van der Waals surface area contributed by atoms with Gasteiger partial charge in [-0.05, 0) is 31.5 Å². The molecule has 2 N–H and O–H groups in total. The number of para-hydroxylation sites is 2. The summed E-state index contributed by atoms with van der Waals surface area (Å²) in [6.45, 7) is 8.20. The van der Waals surface area contributed by atoms with Crippen molar-refractivity contribution in [2.45, 2.75) is 19.9 Å². The summed E-state index contributed by atoms with van der Waals surface area (Å²) < 4.78 is 0. The standard InChI is InChI=1S/C22H25N3O/c1-16-7-3-6-10-21(16)25-13-11-24(12-14-25)17(2)22(26)19-15-23-20-9-5-4-8-18(19)20/h3-10,15,17,23H,11-14H2,1-2H3/p+1/t17-/m1/s1. The minimum atomic E-state index is -0.0202. The molecule has 134 valence electrons. The molecule has 3 aromatic rings. The van der Waals surface area contributed by atoms with E-state index in [0.717, 1.165) is 42.6 Å². The number of H-pyrrole nitrogens is 1. The second kappa shape index (κ2) is 6.96. The van der Waals surface area contributed by atoms with E-state index in [0.29, 0.717) is 0 Å². The van der Waals surface area contributed by atoms with E-state index in [1.165, 1.54) is 16.2 Å². The molecule has 0 spiro atoms. The summed E-state index contributed by atoms with van der Waals surface area (Å²) >= 11 is 0. The van der Waals surface area contributed by atoms with Crippen molar-refractivity contribution in [2.75, 3.05) is 31.1 Å². The molecule has 0 saturated carbocycles. The third-order valence-corrected chi connectivity index (χ3v) is 5.72. The van der Waals surface area contributed by atoms with Gasteiger partial charge in [0.15, 0.2) is 0 Å². The van der Waals surface area contributed by atoms with Crippen LogP contribution in [0, 0.1) is 6.92 Å². The third-order valence-electron chi connectivity index (χ3n) is 5.72. The number of fused-ring (bicyclic) bond motifs is 1. The quantitative estimate of drug-likeness (QED) is 0.711. The number of rotatable bonds is 4. The fraction of sp³-hybridized carbons (Fsp3) is 0.318. The van der Waals surface area contributed by atoms with Crippen LogP contribution in [-0.2, 0) is 0 Å². The monoisotopic (exact) mass is 348 g/mol. The number of carbonyl (C=O) groups is 1. The van der Waals surface area contributed by atoms with Crippen LogP contribution in [0.15, 0.2) is 54.7 Å². The molecule has 1 saturated heterocycles. The Labute approximate surface area is 154 Å². The van der Waals surface area contributed by atoms with E-state index in [1.807, 2.05) is 30.5 Å². The number of carbonyl (C=O) groups excluding carboxylic acids is 1. The number of nitrogens with one attached hydrogen (secondary N) is 2. The average Bonchev–Trinajstić information content (AvgIpc) is 3.11. The second-order valence-electron chi connectivity index (χ2n) is 7.27. The fourth-order valence-electron chi connectivity index (χ4n) is 4.08. The number of quaternary nitrogens is 1. The SMILES string of the molecule is Cc1ccccc1N1CC[NH+]([C@H](C)C(=O)c2c[nH]c3ccccc23)CC1. The van der Waals surface area contributed by atoms with Crippen molar-refractivity contribution >= 4 is 22.4 Å². The van der Waals surface area contributed by atoms with Crippen LogP contribution in [0.5, 0.6) is 0 Å². The van der Waals surface area contributed by atoms with Gasteiger partial charge in [-0.15, -0.1) is 0 Å². The molecule has 1 aliphatic rings. The predicted molar refractivity (Wildman–Crippen MR) is 106 cm³/mol. The van der Waals surface area contributed by atoms with E-state index in [-0.39, 0.29) is 11.8 Å². The Morgan fingerprint density at radius 1 is 1.08 bits per heavy atom. The van der Waals surface area contributed by atoms with Gasteiger partial charge in [0.05, 0.1) is 26.2 Å². The fourth-order valence-corrected chi connectivity index (χ4v) is 4.08. The predicted octanol–water partition coefficient (Wildman–Crippen LogP) is 2.45. The third kappa shape index (κ3) is 3.01. The Morgan fingerprint density at radius 3 is 2.54 bits per heavy atom. The molecule has 1 aromatic heterocycles. The summed E-state index contributed by atoms with van der Waals surface area (Å²) in [5.41, 5.74) is 4.49. The number of piperazine rings is 1. The van der Waals surface area contributed by atoms with Crippen LogP contribution >= 0.6 is 0 Å². The van der Waals surface area contributed by atoms with Gasteiger partial charge in [0.25, 0.3) is 0 Å². The number of anilines is 1. The van der Waals surface area contributed by atoms with E-state index in [1.54, 1.807) is 0 Å². The Morgan fingerprint density at radius 2 is 1.77 bits per heavy atom. The zero-order valence-corrected chi connectivity index (χ0v) is 15.5. The number of hydrogen-bond donors (Lipinski definition) is 2. The summed E-state index contributed by atoms with van der Waals surface area (Å²) in [5.74, 6) is 0.238. The van der Waals surface area contributed by atoms with Crippen LogP contribution in [0.3, 0.4) is 0 Å². The van der Waals surface area contributed by atoms with E-state index >= 15 is 0 Å². The number of aryl methyl sites for hydroxylation is 1. The summed E-state index contributed by atoms with van der Waals surface area (Å²) in [6, 6.07) is 16.6. The summed E-state index contributed by atoms with van der Waals surface area (Å²) in [4.78, 5) is 20.1. The van der Waals surface area contributed by atoms with Crippen LogP contribution in [-0.4, -0.2) is 43.0 Å². The first-order valence-corrected chi connectivity index (χ1v) is 9.40. The molecule has 1 aliphatic heterocycles. The largest absolute Gasteiger partial charge is 0.360 e. The number of benzene rings is 2. The summed E-state index contributed by atoms with van der Waals surface area (Å²) in [7, 11) is 0. The van der Waals surface area contributed by atoms with E-state index < -0.39 is 0 Å². The first-order chi connectivity index (χ1) is 12.6. The molecule has 2 aromatic carbocycles. The number of hydrogen-bond acceptors (Lipinski definition) is 2. The maximum atomic E-state index is 13.1. The lowest BCUT2D eigenvalue weighted by molar-refractivity contribution is -0.914. The molecule has 2 heterocycles. The van der Waals surface area contributed by atoms with Gasteiger partial charge in [0.2, 0.25) is 5.78 Å². The zero-order valence-electron chi connectivity index (χ0n) is 15.5. The van der Waals surface area contributed by atoms with Crippen molar-refractivity contribution < 1.29 is 9.69 Å². The van der Waals surface area contributed by atoms with Gasteiger partial charge < -0.3 is 14.8 Å². The van der Waals surface area contributed by atoms with Crippen molar-refractivity contribution in [3.63, 3.8) is 0 Å². The summed E-state index contributed by atoms with van der Waals surface area (Å²) in [5, 5.41) is 1.03. The molecule has 0 unspecified atom stereocenters. The minimum Gasteiger partial charge on any atom is -0.360 e. The van der Waals surface area contributed by atoms with E-state index in [4.69, 9.17) is 0 Å². The van der Waals surface area contributed by atoms with Crippen LogP contribution < -0.4 is 9.80 Å². The van der Waals surface area contributed by atoms with Gasteiger partial charge in [-0.2, -0.15) is 0 Å². The second-order valence-corrected chi connectivity index (χ2v) is 7.27. The molecule has 1 fully saturated rings. The van der Waals surface area contributed by atoms with Crippen molar-refractivity contribution in [3.05, 3.63) is 65.9 Å². The lowest BCUT2D eigenvalue weighted by Gasteiger charge is -2.36. The molecule has 4 nitrogen and oxygen atoms in total. The maximum absolute atomic E-state index is 13.1. The van der Waals surface area contributed by atoms with Crippen molar-refractivity contribution in [3.8, 4) is 0 Å². The van der Waals surface area contributed by atoms with Gasteiger partial charge in [-0.3, -0.25) is 4.79 Å². The number of aromatic nitrogens is 1. The molecule has 0 amide bonds. The maximum Gasteiger partial charge on any atom is 0.221 e. The van der Waals surface area contributed by atoms with Gasteiger partial charge in [0.1, 0.15) is 6.04 Å². The summed E-state index contributed by atoms with van der Waals surface area (Å²) in [6.07, 6.45) is 1.87. The minimum absolute atomic E-state index is 0.0202. The van der Waals surface area contributed by atoms with Gasteiger partial charge >= 0.3 is 0 Å². The number of nitrogens with zero attached hydrogens (tertiary/aromatic N) is 1. The van der Waals surface area contributed by atoms with Crippen LogP contribution in [0.2, 0.25) is 0 Å². The topological polar surface area (TPSA) is 40.5 Å². The highest BCUT2D eigenvalue weighted by atomic mass is 16.1. The molecule has 0 radical (unpaired) electrons. The smallest absolute Gasteiger partial charge is 0.221 e. The average molecular weight is 348 g/mol. The molecule has 4 heteroatoms. The molecular weight excluding hydrogens is 322 g/mol. The number of ketones is 1. The van der Waals surface area contributed by atoms with E-state index in [9.17, 15) is 4.79 Å². The molecule has 1 atom stereocenters. The molecule has 0 aliphatic carbocycles. The van der Waals surface area contributed by atoms with Gasteiger partial charge in [0, 0.05) is 28.4 Å². The lowest BCUT2D eigenvalue weighted by atomic mass is 10.0. The first-order valence-electron chi connectivity index (χ1n) is 9.40. The lowest BCUT2D eigenvalue weighted by Crippen LogP contribution is -3.18. The van der Waals surface area contributed by atoms with Crippen LogP contribution in [0.1, 0.15) is 22.8 Å². The number of Topliss-reactive ketones (excluding diaryl/α,β-unsaturated/α-hetero) is 1. The Kier molecular flexibility index (Phi) is 4.51. The van der Waals surface area contributed by atoms with E-state index in [2.05, 4.69) is 48.0 Å². The van der Waals surface area contributed by atoms with Crippen molar-refractivity contribution in [1.82, 2.24) is 4.98 Å². The molecule has 26 heavy (non-hydrogen) atoms. The van der Waals surface area contributed by atoms with Gasteiger partial charge in [-0.1, -0.05) is 36.4 Å². The Hall–Kier alpha value is -2.59. The van der Waals surface area contributed by atoms with Crippen LogP contribution in [0.4, 0.5) is 5.69 Å². The molecule has 4 rings (SSSR count).